The van der Waals surface area contributed by atoms with Crippen molar-refractivity contribution in [2.24, 2.45) is 0 Å². The molecule has 0 atom stereocenters. The lowest BCUT2D eigenvalue weighted by atomic mass is 10.1. The fraction of sp³-hybridized carbons (Fsp3) is 0.375. The molecule has 2 N–H and O–H groups in total. The zero-order valence-corrected chi connectivity index (χ0v) is 9.24. The normalized spacial score (nSPS) is 12.2. The molecule has 1 aromatic rings. The molecule has 0 saturated heterocycles. The van der Waals surface area contributed by atoms with Gasteiger partial charge in [0, 0.05) is 17.1 Å². The second kappa shape index (κ2) is 4.52. The van der Waals surface area contributed by atoms with E-state index in [-0.39, 0.29) is 5.33 Å². The summed E-state index contributed by atoms with van der Waals surface area (Å²) in [5.74, 6) is 0. The van der Waals surface area contributed by atoms with Crippen molar-refractivity contribution in [1.82, 2.24) is 4.98 Å². The van der Waals surface area contributed by atoms with Crippen molar-refractivity contribution in [3.8, 4) is 0 Å². The third kappa shape index (κ3) is 2.42. The van der Waals surface area contributed by atoms with Gasteiger partial charge in [-0.2, -0.15) is 13.2 Å². The summed E-state index contributed by atoms with van der Waals surface area (Å²) in [7, 11) is 0. The Bertz CT molecular complexity index is 391. The molecule has 0 radical (unpaired) electrons. The summed E-state index contributed by atoms with van der Waals surface area (Å²) in [4.78, 5) is 3.04. The van der Waals surface area contributed by atoms with Gasteiger partial charge in [0.05, 0.1) is 11.3 Å². The van der Waals surface area contributed by atoms with E-state index in [0.717, 1.165) is 0 Å². The van der Waals surface area contributed by atoms with E-state index >= 15 is 0 Å². The van der Waals surface area contributed by atoms with Crippen LogP contribution in [0.25, 0.3) is 0 Å². The van der Waals surface area contributed by atoms with Crippen LogP contribution in [0.2, 0.25) is 0 Å². The largest absolute Gasteiger partial charge is 0.418 e. The zero-order valence-electron chi connectivity index (χ0n) is 7.65. The summed E-state index contributed by atoms with van der Waals surface area (Å²) in [5, 5.41) is -0.268. The van der Waals surface area contributed by atoms with Crippen LogP contribution >= 0.6 is 15.9 Å². The second-order valence-corrected chi connectivity index (χ2v) is 3.44. The Balaban J connectivity index is 3.41. The quantitative estimate of drug-likeness (QED) is 0.671. The summed E-state index contributed by atoms with van der Waals surface area (Å²) < 4.78 is 62.0. The van der Waals surface area contributed by atoms with Gasteiger partial charge in [-0.25, -0.2) is 8.78 Å². The van der Waals surface area contributed by atoms with Crippen molar-refractivity contribution >= 4 is 21.6 Å². The highest BCUT2D eigenvalue weighted by atomic mass is 79.9. The minimum Gasteiger partial charge on any atom is -0.397 e. The Morgan fingerprint density at radius 2 is 1.94 bits per heavy atom. The molecule has 90 valence electrons. The summed E-state index contributed by atoms with van der Waals surface area (Å²) >= 11 is 2.78. The van der Waals surface area contributed by atoms with Crippen LogP contribution in [0, 0.1) is 0 Å². The van der Waals surface area contributed by atoms with Gasteiger partial charge in [-0.3, -0.25) is 4.98 Å². The molecule has 0 aliphatic rings. The fourth-order valence-electron chi connectivity index (χ4n) is 1.14. The number of pyridine rings is 1. The number of aromatic nitrogens is 1. The average Bonchev–Trinajstić information content (AvgIpc) is 2.15. The Hall–Kier alpha value is -0.920. The molecule has 1 heterocycles. The van der Waals surface area contributed by atoms with Crippen molar-refractivity contribution in [1.29, 1.82) is 0 Å². The number of nitrogens with zero attached hydrogens (tertiary/aromatic N) is 1. The number of rotatable bonds is 2. The lowest BCUT2D eigenvalue weighted by Crippen LogP contribution is -2.13. The van der Waals surface area contributed by atoms with Gasteiger partial charge in [-0.1, -0.05) is 15.9 Å². The molecule has 0 aliphatic carbocycles. The maximum absolute atomic E-state index is 12.4. The summed E-state index contributed by atoms with van der Waals surface area (Å²) in [6.45, 7) is 0. The van der Waals surface area contributed by atoms with E-state index in [1.807, 2.05) is 0 Å². The number of nitrogens with two attached hydrogens (primary N) is 1. The Morgan fingerprint density at radius 3 is 2.31 bits per heavy atom. The molecule has 2 nitrogen and oxygen atoms in total. The van der Waals surface area contributed by atoms with Crippen LogP contribution < -0.4 is 5.73 Å². The number of alkyl halides is 6. The Morgan fingerprint density at radius 1 is 1.38 bits per heavy atom. The van der Waals surface area contributed by atoms with E-state index in [1.54, 1.807) is 0 Å². The van der Waals surface area contributed by atoms with Gasteiger partial charge in [0.2, 0.25) is 0 Å². The maximum Gasteiger partial charge on any atom is 0.418 e. The van der Waals surface area contributed by atoms with Crippen molar-refractivity contribution in [2.45, 2.75) is 17.9 Å². The second-order valence-electron chi connectivity index (χ2n) is 2.88. The molecule has 0 aromatic carbocycles. The predicted molar refractivity (Wildman–Crippen MR) is 51.2 cm³/mol. The molecule has 16 heavy (non-hydrogen) atoms. The Labute approximate surface area is 95.8 Å². The number of hydrogen-bond donors (Lipinski definition) is 1. The topological polar surface area (TPSA) is 38.9 Å². The van der Waals surface area contributed by atoms with E-state index in [9.17, 15) is 22.0 Å². The lowest BCUT2D eigenvalue weighted by molar-refractivity contribution is -0.138. The number of nitrogen functional groups attached to an aromatic ring is 1. The molecule has 0 amide bonds. The number of anilines is 1. The van der Waals surface area contributed by atoms with Gasteiger partial charge < -0.3 is 5.73 Å². The third-order valence-corrected chi connectivity index (χ3v) is 2.47. The van der Waals surface area contributed by atoms with Crippen molar-refractivity contribution < 1.29 is 22.0 Å². The highest BCUT2D eigenvalue weighted by molar-refractivity contribution is 9.08. The van der Waals surface area contributed by atoms with E-state index in [2.05, 4.69) is 20.9 Å². The number of halogens is 6. The average molecular weight is 305 g/mol. The lowest BCUT2D eigenvalue weighted by Gasteiger charge is -2.15. The minimum absolute atomic E-state index is 0.268. The third-order valence-electron chi connectivity index (χ3n) is 1.90. The summed E-state index contributed by atoms with van der Waals surface area (Å²) in [5.41, 5.74) is 2.24. The van der Waals surface area contributed by atoms with Crippen LogP contribution in [-0.4, -0.2) is 4.98 Å². The van der Waals surface area contributed by atoms with Crippen molar-refractivity contribution in [3.05, 3.63) is 23.0 Å². The van der Waals surface area contributed by atoms with Crippen LogP contribution in [0.4, 0.5) is 27.6 Å². The first-order chi connectivity index (χ1) is 7.29. The maximum atomic E-state index is 12.4. The molecule has 0 aliphatic heterocycles. The van der Waals surface area contributed by atoms with Gasteiger partial charge in [-0.05, 0) is 0 Å². The molecular weight excluding hydrogens is 299 g/mol. The molecule has 0 spiro atoms. The van der Waals surface area contributed by atoms with Gasteiger partial charge in [0.25, 0.3) is 6.43 Å². The predicted octanol–water partition coefficient (Wildman–Crippen LogP) is 3.52. The highest BCUT2D eigenvalue weighted by Gasteiger charge is 2.35. The zero-order chi connectivity index (χ0) is 12.5. The van der Waals surface area contributed by atoms with Gasteiger partial charge in [0.1, 0.15) is 5.69 Å². The molecule has 8 heteroatoms. The first-order valence-electron chi connectivity index (χ1n) is 3.97. The molecule has 0 bridgehead atoms. The molecule has 1 rings (SSSR count). The molecule has 0 unspecified atom stereocenters. The monoisotopic (exact) mass is 304 g/mol. The van der Waals surface area contributed by atoms with Crippen LogP contribution in [-0.2, 0) is 11.5 Å². The first kappa shape index (κ1) is 13.1. The van der Waals surface area contributed by atoms with Gasteiger partial charge in [-0.15, -0.1) is 0 Å². The van der Waals surface area contributed by atoms with E-state index in [4.69, 9.17) is 5.73 Å². The van der Waals surface area contributed by atoms with Crippen LogP contribution in [0.3, 0.4) is 0 Å². The first-order valence-corrected chi connectivity index (χ1v) is 5.09. The minimum atomic E-state index is -4.66. The van der Waals surface area contributed by atoms with Crippen molar-refractivity contribution in [2.75, 3.05) is 5.73 Å². The van der Waals surface area contributed by atoms with E-state index in [0.29, 0.717) is 6.20 Å². The highest BCUT2D eigenvalue weighted by Crippen LogP contribution is 2.37. The van der Waals surface area contributed by atoms with Gasteiger partial charge >= 0.3 is 6.18 Å². The standard InChI is InChI=1S/C8H6BrF5N2/c9-1-3-4(8(12,13)14)2-16-6(5(3)15)7(10)11/h2,7H,1,15H2. The SMILES string of the molecule is Nc1c(C(F)F)ncc(C(F)(F)F)c1CBr. The smallest absolute Gasteiger partial charge is 0.397 e. The molecular formula is C8H6BrF5N2. The van der Waals surface area contributed by atoms with E-state index in [1.165, 1.54) is 0 Å². The van der Waals surface area contributed by atoms with Crippen LogP contribution in [0.5, 0.6) is 0 Å². The van der Waals surface area contributed by atoms with Crippen LogP contribution in [0.1, 0.15) is 23.2 Å². The van der Waals surface area contributed by atoms with Gasteiger partial charge in [0.15, 0.2) is 0 Å². The number of hydrogen-bond acceptors (Lipinski definition) is 2. The van der Waals surface area contributed by atoms with Crippen molar-refractivity contribution in [3.63, 3.8) is 0 Å². The molecule has 0 saturated carbocycles. The molecule has 1 aromatic heterocycles. The molecule has 0 fully saturated rings. The Kier molecular flexibility index (Phi) is 3.72. The van der Waals surface area contributed by atoms with Crippen LogP contribution in [0.15, 0.2) is 6.20 Å². The fourth-order valence-corrected chi connectivity index (χ4v) is 1.75. The summed E-state index contributed by atoms with van der Waals surface area (Å²) in [6.07, 6.45) is -7.29. The van der Waals surface area contributed by atoms with E-state index < -0.39 is 35.1 Å². The summed E-state index contributed by atoms with van der Waals surface area (Å²) in [6, 6.07) is 0.